The van der Waals surface area contributed by atoms with Crippen LogP contribution in [0.2, 0.25) is 0 Å². The normalized spacial score (nSPS) is 12.5. The van der Waals surface area contributed by atoms with Gasteiger partial charge in [0.05, 0.1) is 10.5 Å². The van der Waals surface area contributed by atoms with Crippen molar-refractivity contribution >= 4 is 29.4 Å². The van der Waals surface area contributed by atoms with Crippen molar-refractivity contribution in [3.63, 3.8) is 0 Å². The summed E-state index contributed by atoms with van der Waals surface area (Å²) < 4.78 is 0. The summed E-state index contributed by atoms with van der Waals surface area (Å²) >= 11 is 0. The molecule has 0 saturated carbocycles. The molecule has 5 aromatic carbocycles. The van der Waals surface area contributed by atoms with Crippen molar-refractivity contribution in [1.82, 2.24) is 16.0 Å². The van der Waals surface area contributed by atoms with Crippen LogP contribution in [0.1, 0.15) is 40.7 Å². The highest BCUT2D eigenvalue weighted by Gasteiger charge is 2.51. The first-order chi connectivity index (χ1) is 25.6. The largest absolute Gasteiger partial charge is 0.504 e. The van der Waals surface area contributed by atoms with Gasteiger partial charge in [0.15, 0.2) is 22.8 Å². The zero-order chi connectivity index (χ0) is 37.8. The zero-order valence-electron chi connectivity index (χ0n) is 29.1. The number of hydrogen-bond donors (Lipinski definition) is 5. The van der Waals surface area contributed by atoms with Gasteiger partial charge in [-0.05, 0) is 58.9 Å². The Labute approximate surface area is 307 Å². The molecule has 11 nitrogen and oxygen atoms in total. The smallest absolute Gasteiger partial charge is 0.270 e. The molecule has 5 rings (SSSR count). The molecular weight excluding hydrogens is 672 g/mol. The molecule has 0 bridgehead atoms. The molecule has 0 fully saturated rings. The monoisotopic (exact) mass is 712 g/mol. The lowest BCUT2D eigenvalue weighted by molar-refractivity contribution is -0.384. The standard InChI is InChI=1S/C42H40N4O7/c1-43-39(50)24-26-41(38(49)23-21-30-12-11-19-35(28-30)46(52)53,40(51)44-27-25-31-20-22-36(47)37(48)29-31)45-42(32-13-5-2-6-14-32,33-15-7-3-8-16-33)34-17-9-4-10-18-34/h2-23,28-29,45,47-48H,24-27H2,1H3,(H,43,50)(H,44,51)/t41-/m1/s1. The topological polar surface area (TPSA) is 171 Å². The molecule has 5 N–H and O–H groups in total. The van der Waals surface area contributed by atoms with E-state index in [0.717, 1.165) is 0 Å². The van der Waals surface area contributed by atoms with Crippen LogP contribution in [-0.2, 0) is 26.3 Å². The number of carbonyl (C=O) groups is 3. The predicted molar refractivity (Wildman–Crippen MR) is 202 cm³/mol. The molecule has 0 aliphatic heterocycles. The number of carbonyl (C=O) groups excluding carboxylic acids is 3. The molecule has 0 saturated heterocycles. The Balaban J connectivity index is 1.71. The van der Waals surface area contributed by atoms with Crippen LogP contribution in [0, 0.1) is 10.1 Å². The Hall–Kier alpha value is -6.59. The zero-order valence-corrected chi connectivity index (χ0v) is 29.1. The first-order valence-electron chi connectivity index (χ1n) is 17.0. The highest BCUT2D eigenvalue weighted by Crippen LogP contribution is 2.40. The molecule has 11 heteroatoms. The summed E-state index contributed by atoms with van der Waals surface area (Å²) in [6.07, 6.45) is 2.37. The van der Waals surface area contributed by atoms with Gasteiger partial charge in [-0.3, -0.25) is 29.8 Å². The fraction of sp³-hybridized carbons (Fsp3) is 0.167. The Morgan fingerprint density at radius 3 is 1.87 bits per heavy atom. The third-order valence-electron chi connectivity index (χ3n) is 9.08. The van der Waals surface area contributed by atoms with Crippen LogP contribution in [0.4, 0.5) is 5.69 Å². The summed E-state index contributed by atoms with van der Waals surface area (Å²) in [7, 11) is 1.47. The average molecular weight is 713 g/mol. The van der Waals surface area contributed by atoms with E-state index < -0.39 is 33.6 Å². The summed E-state index contributed by atoms with van der Waals surface area (Å²) in [6, 6.07) is 38.3. The highest BCUT2D eigenvalue weighted by molar-refractivity contribution is 6.17. The molecule has 270 valence electrons. The molecule has 0 aliphatic carbocycles. The minimum absolute atomic E-state index is 0.0311. The van der Waals surface area contributed by atoms with E-state index in [1.807, 2.05) is 91.0 Å². The second-order valence-corrected chi connectivity index (χ2v) is 12.4. The van der Waals surface area contributed by atoms with Crippen LogP contribution >= 0.6 is 0 Å². The van der Waals surface area contributed by atoms with E-state index in [1.165, 1.54) is 49.5 Å². The lowest BCUT2D eigenvalue weighted by Crippen LogP contribution is -2.68. The molecule has 2 amide bonds. The van der Waals surface area contributed by atoms with E-state index in [-0.39, 0.29) is 43.0 Å². The van der Waals surface area contributed by atoms with Gasteiger partial charge in [-0.15, -0.1) is 0 Å². The number of nitro benzene ring substituents is 1. The van der Waals surface area contributed by atoms with Gasteiger partial charge in [0, 0.05) is 32.1 Å². The summed E-state index contributed by atoms with van der Waals surface area (Å²) in [4.78, 5) is 53.7. The quantitative estimate of drug-likeness (QED) is 0.0214. The molecule has 53 heavy (non-hydrogen) atoms. The average Bonchev–Trinajstić information content (AvgIpc) is 3.19. The van der Waals surface area contributed by atoms with Crippen LogP contribution in [0.3, 0.4) is 0 Å². The van der Waals surface area contributed by atoms with Crippen molar-refractivity contribution in [3.05, 3.63) is 177 Å². The Morgan fingerprint density at radius 1 is 0.755 bits per heavy atom. The van der Waals surface area contributed by atoms with Crippen molar-refractivity contribution < 1.29 is 29.5 Å². The lowest BCUT2D eigenvalue weighted by Gasteiger charge is -2.44. The number of phenols is 2. The fourth-order valence-corrected chi connectivity index (χ4v) is 6.31. The number of hydrogen-bond acceptors (Lipinski definition) is 8. The number of benzene rings is 5. The predicted octanol–water partition coefficient (Wildman–Crippen LogP) is 5.79. The number of phenolic OH excluding ortho intramolecular Hbond substituents is 2. The maximum atomic E-state index is 15.0. The van der Waals surface area contributed by atoms with Gasteiger partial charge < -0.3 is 20.8 Å². The first-order valence-corrected chi connectivity index (χ1v) is 17.0. The molecule has 0 heterocycles. The molecule has 0 spiro atoms. The van der Waals surface area contributed by atoms with E-state index in [4.69, 9.17) is 0 Å². The molecular formula is C42H40N4O7. The van der Waals surface area contributed by atoms with Crippen LogP contribution in [-0.4, -0.2) is 51.9 Å². The SMILES string of the molecule is CNC(=O)CC[C@@](NC(c1ccccc1)(c1ccccc1)c1ccccc1)(C(=O)C=Cc1cccc([N+](=O)[O-])c1)C(=O)NCCc1ccc(O)c(O)c1. The molecule has 1 atom stereocenters. The Bertz CT molecular complexity index is 1990. The minimum Gasteiger partial charge on any atom is -0.504 e. The van der Waals surface area contributed by atoms with Crippen LogP contribution in [0.15, 0.2) is 140 Å². The number of amides is 2. The molecule has 0 aromatic heterocycles. The van der Waals surface area contributed by atoms with Crippen LogP contribution in [0.5, 0.6) is 11.5 Å². The van der Waals surface area contributed by atoms with Crippen molar-refractivity contribution in [1.29, 1.82) is 0 Å². The number of nitro groups is 1. The number of nitrogens with one attached hydrogen (secondary N) is 3. The van der Waals surface area contributed by atoms with Crippen molar-refractivity contribution in [2.45, 2.75) is 30.3 Å². The van der Waals surface area contributed by atoms with E-state index in [9.17, 15) is 34.7 Å². The number of non-ortho nitro benzene ring substituents is 1. The minimum atomic E-state index is -2.11. The maximum absolute atomic E-state index is 15.0. The van der Waals surface area contributed by atoms with E-state index >= 15 is 0 Å². The fourth-order valence-electron chi connectivity index (χ4n) is 6.31. The summed E-state index contributed by atoms with van der Waals surface area (Å²) in [5, 5.41) is 40.4. The summed E-state index contributed by atoms with van der Waals surface area (Å²) in [5.74, 6) is -2.40. The molecule has 0 aliphatic rings. The van der Waals surface area contributed by atoms with Gasteiger partial charge in [-0.1, -0.05) is 115 Å². The van der Waals surface area contributed by atoms with E-state index in [2.05, 4.69) is 16.0 Å². The summed E-state index contributed by atoms with van der Waals surface area (Å²) in [5.41, 5.74) is -0.491. The highest BCUT2D eigenvalue weighted by atomic mass is 16.6. The van der Waals surface area contributed by atoms with Gasteiger partial charge in [-0.25, -0.2) is 0 Å². The molecule has 0 unspecified atom stereocenters. The van der Waals surface area contributed by atoms with E-state index in [1.54, 1.807) is 12.1 Å². The van der Waals surface area contributed by atoms with Crippen LogP contribution in [0.25, 0.3) is 6.08 Å². The second-order valence-electron chi connectivity index (χ2n) is 12.4. The second kappa shape index (κ2) is 17.1. The first kappa shape index (κ1) is 37.7. The third-order valence-corrected chi connectivity index (χ3v) is 9.08. The number of ketones is 1. The van der Waals surface area contributed by atoms with E-state index in [0.29, 0.717) is 27.8 Å². The van der Waals surface area contributed by atoms with Gasteiger partial charge in [0.25, 0.3) is 5.69 Å². The maximum Gasteiger partial charge on any atom is 0.270 e. The molecule has 0 radical (unpaired) electrons. The van der Waals surface area contributed by atoms with Crippen molar-refractivity contribution in [2.24, 2.45) is 0 Å². The number of aromatic hydroxyl groups is 2. The van der Waals surface area contributed by atoms with Gasteiger partial charge in [0.1, 0.15) is 0 Å². The van der Waals surface area contributed by atoms with Crippen LogP contribution < -0.4 is 16.0 Å². The van der Waals surface area contributed by atoms with Crippen molar-refractivity contribution in [2.75, 3.05) is 13.6 Å². The third kappa shape index (κ3) is 8.66. The lowest BCUT2D eigenvalue weighted by atomic mass is 9.73. The summed E-state index contributed by atoms with van der Waals surface area (Å²) in [6.45, 7) is 0.0311. The Kier molecular flexibility index (Phi) is 12.1. The van der Waals surface area contributed by atoms with Gasteiger partial charge in [0.2, 0.25) is 11.8 Å². The number of nitrogens with zero attached hydrogens (tertiary/aromatic N) is 1. The number of rotatable bonds is 16. The van der Waals surface area contributed by atoms with Gasteiger partial charge >= 0.3 is 0 Å². The van der Waals surface area contributed by atoms with Gasteiger partial charge in [-0.2, -0.15) is 0 Å². The Morgan fingerprint density at radius 2 is 1.34 bits per heavy atom. The molecule has 5 aromatic rings. The van der Waals surface area contributed by atoms with Crippen molar-refractivity contribution in [3.8, 4) is 11.5 Å².